The lowest BCUT2D eigenvalue weighted by Gasteiger charge is -2.19. The van der Waals surface area contributed by atoms with E-state index in [4.69, 9.17) is 16.3 Å². The van der Waals surface area contributed by atoms with E-state index < -0.39 is 6.10 Å². The smallest absolute Gasteiger partial charge is 0.261 e. The number of ether oxygens (including phenoxy) is 1. The molecule has 0 aromatic heterocycles. The summed E-state index contributed by atoms with van der Waals surface area (Å²) in [4.78, 5) is 12.3. The van der Waals surface area contributed by atoms with Gasteiger partial charge in [-0.25, -0.2) is 0 Å². The summed E-state index contributed by atoms with van der Waals surface area (Å²) < 4.78 is 5.63. The molecule has 2 aromatic rings. The molecule has 0 aliphatic heterocycles. The molecule has 0 spiro atoms. The number of nitrogens with one attached hydrogen (secondary N) is 1. The average Bonchev–Trinajstić information content (AvgIpc) is 2.54. The molecule has 0 aliphatic rings. The second-order valence-corrected chi connectivity index (χ2v) is 5.98. The molecule has 23 heavy (non-hydrogen) atoms. The van der Waals surface area contributed by atoms with Crippen molar-refractivity contribution in [3.8, 4) is 5.75 Å². The van der Waals surface area contributed by atoms with E-state index in [-0.39, 0.29) is 11.9 Å². The molecular weight excluding hydrogens is 310 g/mol. The molecule has 1 N–H and O–H groups in total. The van der Waals surface area contributed by atoms with Gasteiger partial charge in [-0.05, 0) is 49.6 Å². The highest BCUT2D eigenvalue weighted by atomic mass is 35.5. The normalized spacial score (nSPS) is 13.2. The van der Waals surface area contributed by atoms with Gasteiger partial charge in [-0.15, -0.1) is 0 Å². The molecule has 0 saturated carbocycles. The molecule has 0 aliphatic carbocycles. The molecule has 122 valence electrons. The molecule has 0 bridgehead atoms. The van der Waals surface area contributed by atoms with E-state index in [1.54, 1.807) is 31.2 Å². The summed E-state index contributed by atoms with van der Waals surface area (Å²) in [5.74, 6) is 0.428. The van der Waals surface area contributed by atoms with Crippen LogP contribution in [0.1, 0.15) is 37.9 Å². The minimum absolute atomic E-state index is 0.0705. The monoisotopic (exact) mass is 331 g/mol. The largest absolute Gasteiger partial charge is 0.481 e. The van der Waals surface area contributed by atoms with Crippen LogP contribution in [0.3, 0.4) is 0 Å². The first-order valence-corrected chi connectivity index (χ1v) is 8.19. The van der Waals surface area contributed by atoms with Crippen LogP contribution in [0.5, 0.6) is 5.75 Å². The van der Waals surface area contributed by atoms with Crippen molar-refractivity contribution in [1.29, 1.82) is 0 Å². The maximum atomic E-state index is 12.3. The van der Waals surface area contributed by atoms with E-state index in [1.165, 1.54) is 5.56 Å². The first-order valence-electron chi connectivity index (χ1n) is 7.81. The zero-order valence-corrected chi connectivity index (χ0v) is 14.4. The number of hydrogen-bond donors (Lipinski definition) is 1. The van der Waals surface area contributed by atoms with E-state index in [1.807, 2.05) is 19.1 Å². The third-order valence-electron chi connectivity index (χ3n) is 3.72. The second-order valence-electron chi connectivity index (χ2n) is 5.54. The fraction of sp³-hybridized carbons (Fsp3) is 0.316. The van der Waals surface area contributed by atoms with E-state index in [9.17, 15) is 4.79 Å². The van der Waals surface area contributed by atoms with Crippen LogP contribution in [-0.2, 0) is 11.2 Å². The van der Waals surface area contributed by atoms with Gasteiger partial charge in [0.25, 0.3) is 5.91 Å². The summed E-state index contributed by atoms with van der Waals surface area (Å²) >= 11 is 5.92. The van der Waals surface area contributed by atoms with Gasteiger partial charge in [0, 0.05) is 5.02 Å². The van der Waals surface area contributed by atoms with Gasteiger partial charge in [-0.3, -0.25) is 4.79 Å². The zero-order valence-electron chi connectivity index (χ0n) is 13.7. The summed E-state index contributed by atoms with van der Waals surface area (Å²) in [6, 6.07) is 15.2. The van der Waals surface area contributed by atoms with Crippen LogP contribution in [0.2, 0.25) is 5.02 Å². The zero-order chi connectivity index (χ0) is 16.8. The first-order chi connectivity index (χ1) is 11.0. The van der Waals surface area contributed by atoms with Crippen LogP contribution in [-0.4, -0.2) is 12.0 Å². The molecule has 0 fully saturated rings. The molecule has 1 amide bonds. The van der Waals surface area contributed by atoms with Crippen molar-refractivity contribution < 1.29 is 9.53 Å². The van der Waals surface area contributed by atoms with Gasteiger partial charge in [0.15, 0.2) is 6.10 Å². The SMILES string of the molecule is CCc1ccc([C@@H](C)NC(=O)[C@@H](C)Oc2cccc(Cl)c2)cc1. The number of amides is 1. The predicted molar refractivity (Wildman–Crippen MR) is 93.9 cm³/mol. The van der Waals surface area contributed by atoms with Crippen LogP contribution in [0.15, 0.2) is 48.5 Å². The van der Waals surface area contributed by atoms with Gasteiger partial charge in [0.05, 0.1) is 6.04 Å². The van der Waals surface area contributed by atoms with Crippen LogP contribution >= 0.6 is 11.6 Å². The Morgan fingerprint density at radius 3 is 2.48 bits per heavy atom. The summed E-state index contributed by atoms with van der Waals surface area (Å²) in [6.45, 7) is 5.81. The van der Waals surface area contributed by atoms with Gasteiger partial charge < -0.3 is 10.1 Å². The van der Waals surface area contributed by atoms with Crippen molar-refractivity contribution >= 4 is 17.5 Å². The third-order valence-corrected chi connectivity index (χ3v) is 3.96. The van der Waals surface area contributed by atoms with E-state index in [0.29, 0.717) is 10.8 Å². The first kappa shape index (κ1) is 17.4. The highest BCUT2D eigenvalue weighted by Crippen LogP contribution is 2.19. The van der Waals surface area contributed by atoms with Crippen molar-refractivity contribution in [2.24, 2.45) is 0 Å². The number of benzene rings is 2. The summed E-state index contributed by atoms with van der Waals surface area (Å²) in [6.07, 6.45) is 0.414. The summed E-state index contributed by atoms with van der Waals surface area (Å²) in [7, 11) is 0. The minimum Gasteiger partial charge on any atom is -0.481 e. The Hall–Kier alpha value is -2.00. The lowest BCUT2D eigenvalue weighted by Crippen LogP contribution is -2.37. The molecule has 0 heterocycles. The van der Waals surface area contributed by atoms with Gasteiger partial charge in [0.2, 0.25) is 0 Å². The van der Waals surface area contributed by atoms with Crippen LogP contribution in [0, 0.1) is 0 Å². The standard InChI is InChI=1S/C19H22ClNO2/c1-4-15-8-10-16(11-9-15)13(2)21-19(22)14(3)23-18-7-5-6-17(20)12-18/h5-14H,4H2,1-3H3,(H,21,22)/t13-,14-/m1/s1. The Balaban J connectivity index is 1.94. The molecule has 2 aromatic carbocycles. The van der Waals surface area contributed by atoms with Crippen LogP contribution in [0.4, 0.5) is 0 Å². The molecule has 3 nitrogen and oxygen atoms in total. The number of hydrogen-bond acceptors (Lipinski definition) is 2. The molecule has 4 heteroatoms. The van der Waals surface area contributed by atoms with Crippen molar-refractivity contribution in [3.05, 3.63) is 64.7 Å². The van der Waals surface area contributed by atoms with Crippen molar-refractivity contribution in [2.75, 3.05) is 0 Å². The number of carbonyl (C=O) groups excluding carboxylic acids is 1. The summed E-state index contributed by atoms with van der Waals surface area (Å²) in [5, 5.41) is 3.55. The van der Waals surface area contributed by atoms with Crippen molar-refractivity contribution in [3.63, 3.8) is 0 Å². The average molecular weight is 332 g/mol. The topological polar surface area (TPSA) is 38.3 Å². The Morgan fingerprint density at radius 2 is 1.87 bits per heavy atom. The second kappa shape index (κ2) is 8.02. The Labute approximate surface area is 142 Å². The van der Waals surface area contributed by atoms with Gasteiger partial charge >= 0.3 is 0 Å². The Kier molecular flexibility index (Phi) is 6.05. The molecular formula is C19H22ClNO2. The highest BCUT2D eigenvalue weighted by molar-refractivity contribution is 6.30. The molecule has 2 rings (SSSR count). The van der Waals surface area contributed by atoms with Crippen LogP contribution < -0.4 is 10.1 Å². The highest BCUT2D eigenvalue weighted by Gasteiger charge is 2.17. The molecule has 0 unspecified atom stereocenters. The molecule has 0 saturated heterocycles. The molecule has 2 atom stereocenters. The van der Waals surface area contributed by atoms with Gasteiger partial charge in [-0.2, -0.15) is 0 Å². The Morgan fingerprint density at radius 1 is 1.17 bits per heavy atom. The summed E-state index contributed by atoms with van der Waals surface area (Å²) in [5.41, 5.74) is 2.36. The van der Waals surface area contributed by atoms with Gasteiger partial charge in [0.1, 0.15) is 5.75 Å². The van der Waals surface area contributed by atoms with Crippen molar-refractivity contribution in [1.82, 2.24) is 5.32 Å². The fourth-order valence-electron chi connectivity index (χ4n) is 2.25. The third kappa shape index (κ3) is 5.00. The predicted octanol–water partition coefficient (Wildman–Crippen LogP) is 4.55. The number of carbonyl (C=O) groups is 1. The van der Waals surface area contributed by atoms with E-state index >= 15 is 0 Å². The lowest BCUT2D eigenvalue weighted by atomic mass is 10.0. The quantitative estimate of drug-likeness (QED) is 0.843. The van der Waals surface area contributed by atoms with Gasteiger partial charge in [-0.1, -0.05) is 48.9 Å². The number of aryl methyl sites for hydroxylation is 1. The van der Waals surface area contributed by atoms with Crippen molar-refractivity contribution in [2.45, 2.75) is 39.3 Å². The van der Waals surface area contributed by atoms with E-state index in [2.05, 4.69) is 24.4 Å². The van der Waals surface area contributed by atoms with E-state index in [0.717, 1.165) is 12.0 Å². The fourth-order valence-corrected chi connectivity index (χ4v) is 2.43. The Bertz CT molecular complexity index is 655. The molecule has 0 radical (unpaired) electrons. The maximum absolute atomic E-state index is 12.3. The van der Waals surface area contributed by atoms with Crippen LogP contribution in [0.25, 0.3) is 0 Å². The maximum Gasteiger partial charge on any atom is 0.261 e. The number of halogens is 1. The number of rotatable bonds is 6. The lowest BCUT2D eigenvalue weighted by molar-refractivity contribution is -0.127. The minimum atomic E-state index is -0.592.